The molecule has 4 nitrogen and oxygen atoms in total. The van der Waals surface area contributed by atoms with E-state index in [1.165, 1.54) is 5.56 Å². The van der Waals surface area contributed by atoms with Crippen LogP contribution >= 0.6 is 0 Å². The van der Waals surface area contributed by atoms with Gasteiger partial charge in [0.05, 0.1) is 11.6 Å². The first-order valence-electron chi connectivity index (χ1n) is 6.93. The lowest BCUT2D eigenvalue weighted by Crippen LogP contribution is -2.12. The summed E-state index contributed by atoms with van der Waals surface area (Å²) in [5, 5.41) is 12.4. The van der Waals surface area contributed by atoms with Gasteiger partial charge in [-0.25, -0.2) is 4.79 Å². The van der Waals surface area contributed by atoms with Crippen molar-refractivity contribution in [2.45, 2.75) is 33.7 Å². The Morgan fingerprint density at radius 2 is 1.95 bits per heavy atom. The fourth-order valence-electron chi connectivity index (χ4n) is 2.75. The second kappa shape index (κ2) is 5.95. The molecule has 2 rings (SSSR count). The van der Waals surface area contributed by atoms with Crippen molar-refractivity contribution in [2.75, 3.05) is 5.32 Å². The second-order valence-electron chi connectivity index (χ2n) is 5.33. The van der Waals surface area contributed by atoms with Gasteiger partial charge in [0, 0.05) is 17.1 Å². The van der Waals surface area contributed by atoms with Gasteiger partial charge in [-0.2, -0.15) is 0 Å². The summed E-state index contributed by atoms with van der Waals surface area (Å²) in [6.45, 7) is 8.11. The van der Waals surface area contributed by atoms with Gasteiger partial charge in [-0.05, 0) is 63.1 Å². The third kappa shape index (κ3) is 3.40. The molecule has 0 saturated carbocycles. The lowest BCUT2D eigenvalue weighted by molar-refractivity contribution is 0.0697. The summed E-state index contributed by atoms with van der Waals surface area (Å²) in [4.78, 5) is 15.5. The molecule has 1 heterocycles. The molecule has 0 saturated heterocycles. The van der Waals surface area contributed by atoms with E-state index in [9.17, 15) is 4.79 Å². The van der Waals surface area contributed by atoms with E-state index in [-0.39, 0.29) is 11.6 Å². The predicted molar refractivity (Wildman–Crippen MR) is 83.9 cm³/mol. The summed E-state index contributed by atoms with van der Waals surface area (Å²) in [7, 11) is 0. The van der Waals surface area contributed by atoms with Crippen LogP contribution in [-0.4, -0.2) is 16.1 Å². The van der Waals surface area contributed by atoms with Gasteiger partial charge in [-0.15, -0.1) is 0 Å². The van der Waals surface area contributed by atoms with Crippen LogP contribution in [0.5, 0.6) is 0 Å². The van der Waals surface area contributed by atoms with Crippen molar-refractivity contribution >= 4 is 11.7 Å². The Morgan fingerprint density at radius 1 is 1.24 bits per heavy atom. The van der Waals surface area contributed by atoms with Gasteiger partial charge in [0.15, 0.2) is 0 Å². The maximum absolute atomic E-state index is 11.0. The molecule has 0 aliphatic carbocycles. The number of pyridine rings is 1. The fraction of sp³-hybridized carbons (Fsp3) is 0.294. The molecule has 2 aromatic rings. The van der Waals surface area contributed by atoms with Gasteiger partial charge in [0.1, 0.15) is 0 Å². The number of benzene rings is 1. The molecule has 0 fully saturated rings. The molecular weight excluding hydrogens is 264 g/mol. The van der Waals surface area contributed by atoms with Crippen LogP contribution in [0, 0.1) is 20.8 Å². The molecule has 4 heteroatoms. The minimum Gasteiger partial charge on any atom is -0.478 e. The highest BCUT2D eigenvalue weighted by atomic mass is 16.4. The fourth-order valence-corrected chi connectivity index (χ4v) is 2.75. The molecule has 0 radical (unpaired) electrons. The Morgan fingerprint density at radius 3 is 2.57 bits per heavy atom. The third-order valence-corrected chi connectivity index (χ3v) is 3.51. The number of aromatic nitrogens is 1. The molecule has 1 unspecified atom stereocenters. The number of nitrogens with one attached hydrogen (secondary N) is 1. The Bertz CT molecular complexity index is 657. The summed E-state index contributed by atoms with van der Waals surface area (Å²) in [6, 6.07) is 8.96. The predicted octanol–water partition coefficient (Wildman–Crippen LogP) is 3.88. The van der Waals surface area contributed by atoms with Crippen molar-refractivity contribution in [1.29, 1.82) is 0 Å². The molecule has 0 aliphatic rings. The molecule has 1 atom stereocenters. The van der Waals surface area contributed by atoms with Gasteiger partial charge in [0.2, 0.25) is 0 Å². The van der Waals surface area contributed by atoms with Crippen LogP contribution in [0.25, 0.3) is 0 Å². The Kier molecular flexibility index (Phi) is 4.26. The van der Waals surface area contributed by atoms with Crippen LogP contribution < -0.4 is 5.32 Å². The van der Waals surface area contributed by atoms with Crippen LogP contribution in [0.4, 0.5) is 5.69 Å². The number of anilines is 1. The summed E-state index contributed by atoms with van der Waals surface area (Å²) in [5.74, 6) is -0.921. The number of aromatic carboxylic acids is 1. The standard InChI is InChI=1S/C17H20N2O2/c1-10-8-11(2)18-12(3)16(10)13(4)19-15-7-5-6-14(9-15)17(20)21/h5-9,13,19H,1-4H3,(H,20,21). The Labute approximate surface area is 124 Å². The molecule has 21 heavy (non-hydrogen) atoms. The molecular formula is C17H20N2O2. The van der Waals surface area contributed by atoms with E-state index in [4.69, 9.17) is 5.11 Å². The van der Waals surface area contributed by atoms with E-state index < -0.39 is 5.97 Å². The minimum atomic E-state index is -0.921. The topological polar surface area (TPSA) is 62.2 Å². The molecule has 0 bridgehead atoms. The average Bonchev–Trinajstić information content (AvgIpc) is 2.37. The zero-order valence-electron chi connectivity index (χ0n) is 12.8. The van der Waals surface area contributed by atoms with E-state index >= 15 is 0 Å². The first-order chi connectivity index (χ1) is 9.88. The number of aryl methyl sites for hydroxylation is 3. The summed E-state index contributed by atoms with van der Waals surface area (Å²) in [5.41, 5.74) is 5.43. The Hall–Kier alpha value is -2.36. The van der Waals surface area contributed by atoms with E-state index in [0.717, 1.165) is 22.6 Å². The highest BCUT2D eigenvalue weighted by Crippen LogP contribution is 2.25. The molecule has 0 aliphatic heterocycles. The maximum Gasteiger partial charge on any atom is 0.335 e. The van der Waals surface area contributed by atoms with Crippen molar-refractivity contribution in [3.8, 4) is 0 Å². The number of hydrogen-bond donors (Lipinski definition) is 2. The monoisotopic (exact) mass is 284 g/mol. The number of carbonyl (C=O) groups is 1. The zero-order chi connectivity index (χ0) is 15.6. The largest absolute Gasteiger partial charge is 0.478 e. The van der Waals surface area contributed by atoms with Crippen molar-refractivity contribution < 1.29 is 9.90 Å². The number of nitrogens with zero attached hydrogens (tertiary/aromatic N) is 1. The molecule has 1 aromatic heterocycles. The van der Waals surface area contributed by atoms with Crippen molar-refractivity contribution in [2.24, 2.45) is 0 Å². The number of carboxylic acids is 1. The van der Waals surface area contributed by atoms with Gasteiger partial charge >= 0.3 is 5.97 Å². The minimum absolute atomic E-state index is 0.0575. The molecule has 0 amide bonds. The van der Waals surface area contributed by atoms with E-state index in [1.54, 1.807) is 18.2 Å². The van der Waals surface area contributed by atoms with E-state index in [1.807, 2.05) is 19.9 Å². The summed E-state index contributed by atoms with van der Waals surface area (Å²) < 4.78 is 0. The molecule has 1 aromatic carbocycles. The molecule has 2 N–H and O–H groups in total. The third-order valence-electron chi connectivity index (χ3n) is 3.51. The number of hydrogen-bond acceptors (Lipinski definition) is 3. The average molecular weight is 284 g/mol. The van der Waals surface area contributed by atoms with Gasteiger partial charge < -0.3 is 10.4 Å². The lowest BCUT2D eigenvalue weighted by atomic mass is 10.00. The number of rotatable bonds is 4. The first-order valence-corrected chi connectivity index (χ1v) is 6.93. The SMILES string of the molecule is Cc1cc(C)c(C(C)Nc2cccc(C(=O)O)c2)c(C)n1. The van der Waals surface area contributed by atoms with E-state index in [2.05, 4.69) is 30.2 Å². The first kappa shape index (κ1) is 15.0. The van der Waals surface area contributed by atoms with Crippen molar-refractivity contribution in [1.82, 2.24) is 4.98 Å². The summed E-state index contributed by atoms with van der Waals surface area (Å²) >= 11 is 0. The van der Waals surface area contributed by atoms with Crippen molar-refractivity contribution in [3.63, 3.8) is 0 Å². The second-order valence-corrected chi connectivity index (χ2v) is 5.33. The lowest BCUT2D eigenvalue weighted by Gasteiger charge is -2.20. The van der Waals surface area contributed by atoms with Gasteiger partial charge in [0.25, 0.3) is 0 Å². The van der Waals surface area contributed by atoms with Crippen LogP contribution in [0.3, 0.4) is 0 Å². The van der Waals surface area contributed by atoms with Crippen LogP contribution in [-0.2, 0) is 0 Å². The molecule has 0 spiro atoms. The van der Waals surface area contributed by atoms with Crippen molar-refractivity contribution in [3.05, 3.63) is 58.4 Å². The molecule has 110 valence electrons. The van der Waals surface area contributed by atoms with E-state index in [0.29, 0.717) is 0 Å². The van der Waals surface area contributed by atoms with Crippen LogP contribution in [0.1, 0.15) is 45.8 Å². The smallest absolute Gasteiger partial charge is 0.335 e. The van der Waals surface area contributed by atoms with Crippen LogP contribution in [0.2, 0.25) is 0 Å². The highest BCUT2D eigenvalue weighted by Gasteiger charge is 2.13. The van der Waals surface area contributed by atoms with Gasteiger partial charge in [-0.1, -0.05) is 6.07 Å². The normalized spacial score (nSPS) is 12.0. The summed E-state index contributed by atoms with van der Waals surface area (Å²) in [6.07, 6.45) is 0. The maximum atomic E-state index is 11.0. The zero-order valence-corrected chi connectivity index (χ0v) is 12.8. The van der Waals surface area contributed by atoms with Gasteiger partial charge in [-0.3, -0.25) is 4.98 Å². The number of carboxylic acid groups (broad SMARTS) is 1. The highest BCUT2D eigenvalue weighted by molar-refractivity contribution is 5.88. The quantitative estimate of drug-likeness (QED) is 0.894. The Balaban J connectivity index is 2.28. The van der Waals surface area contributed by atoms with Crippen LogP contribution in [0.15, 0.2) is 30.3 Å².